The molecule has 0 saturated carbocycles. The average Bonchev–Trinajstić information content (AvgIpc) is 2.33. The lowest BCUT2D eigenvalue weighted by atomic mass is 10.2. The highest BCUT2D eigenvalue weighted by Crippen LogP contribution is 2.19. The first-order chi connectivity index (χ1) is 4.75. The lowest BCUT2D eigenvalue weighted by Gasteiger charge is -2.25. The molecule has 1 atom stereocenters. The van der Waals surface area contributed by atoms with Crippen molar-refractivity contribution in [2.24, 2.45) is 0 Å². The first-order valence-corrected chi connectivity index (χ1v) is 4.07. The molecule has 0 spiro atoms. The maximum Gasteiger partial charge on any atom is 0.105 e. The van der Waals surface area contributed by atoms with Crippen molar-refractivity contribution in [1.29, 1.82) is 0 Å². The van der Waals surface area contributed by atoms with Crippen LogP contribution in [0.15, 0.2) is 0 Å². The SMILES string of the molecule is CC(C)N1CCC[C@H]1CF. The predicted molar refractivity (Wildman–Crippen MR) is 40.8 cm³/mol. The molecule has 1 fully saturated rings. The fourth-order valence-corrected chi connectivity index (χ4v) is 1.70. The zero-order valence-corrected chi connectivity index (χ0v) is 6.81. The Kier molecular flexibility index (Phi) is 2.66. The van der Waals surface area contributed by atoms with Gasteiger partial charge in [0.1, 0.15) is 6.67 Å². The molecular weight excluding hydrogens is 129 g/mol. The lowest BCUT2D eigenvalue weighted by molar-refractivity contribution is 0.175. The summed E-state index contributed by atoms with van der Waals surface area (Å²) in [7, 11) is 0. The Morgan fingerprint density at radius 1 is 1.60 bits per heavy atom. The third kappa shape index (κ3) is 1.48. The fraction of sp³-hybridized carbons (Fsp3) is 1.00. The maximum absolute atomic E-state index is 12.3. The van der Waals surface area contributed by atoms with Crippen LogP contribution in [0.1, 0.15) is 26.7 Å². The van der Waals surface area contributed by atoms with E-state index in [0.717, 1.165) is 13.0 Å². The Labute approximate surface area is 62.2 Å². The molecule has 1 nitrogen and oxygen atoms in total. The number of halogens is 1. The van der Waals surface area contributed by atoms with Gasteiger partial charge in [0, 0.05) is 12.1 Å². The minimum atomic E-state index is -0.168. The second kappa shape index (κ2) is 3.33. The largest absolute Gasteiger partial charge is 0.295 e. The molecule has 0 bridgehead atoms. The third-order valence-corrected chi connectivity index (χ3v) is 2.26. The molecule has 0 N–H and O–H groups in total. The van der Waals surface area contributed by atoms with E-state index in [1.165, 1.54) is 6.42 Å². The quantitative estimate of drug-likeness (QED) is 0.573. The molecule has 1 heterocycles. The summed E-state index contributed by atoms with van der Waals surface area (Å²) in [5, 5.41) is 0. The van der Waals surface area contributed by atoms with Crippen LogP contribution < -0.4 is 0 Å². The van der Waals surface area contributed by atoms with E-state index in [2.05, 4.69) is 18.7 Å². The van der Waals surface area contributed by atoms with Gasteiger partial charge in [-0.25, -0.2) is 4.39 Å². The number of hydrogen-bond acceptors (Lipinski definition) is 1. The summed E-state index contributed by atoms with van der Waals surface area (Å²) < 4.78 is 12.3. The molecule has 0 aromatic rings. The molecule has 60 valence electrons. The van der Waals surface area contributed by atoms with Gasteiger partial charge in [0.15, 0.2) is 0 Å². The van der Waals surface area contributed by atoms with Gasteiger partial charge in [-0.2, -0.15) is 0 Å². The highest BCUT2D eigenvalue weighted by Gasteiger charge is 2.25. The van der Waals surface area contributed by atoms with Crippen molar-refractivity contribution in [1.82, 2.24) is 4.90 Å². The van der Waals surface area contributed by atoms with Gasteiger partial charge < -0.3 is 0 Å². The molecule has 0 aromatic heterocycles. The number of nitrogens with zero attached hydrogens (tertiary/aromatic N) is 1. The van der Waals surface area contributed by atoms with E-state index >= 15 is 0 Å². The van der Waals surface area contributed by atoms with Crippen LogP contribution in [0, 0.1) is 0 Å². The summed E-state index contributed by atoms with van der Waals surface area (Å²) in [6.07, 6.45) is 2.22. The molecule has 0 radical (unpaired) electrons. The Hall–Kier alpha value is -0.110. The van der Waals surface area contributed by atoms with Gasteiger partial charge in [0.05, 0.1) is 0 Å². The molecular formula is C8H16FN. The van der Waals surface area contributed by atoms with Crippen LogP contribution in [0.4, 0.5) is 4.39 Å². The number of rotatable bonds is 2. The van der Waals surface area contributed by atoms with Gasteiger partial charge in [-0.1, -0.05) is 0 Å². The zero-order valence-electron chi connectivity index (χ0n) is 6.81. The van der Waals surface area contributed by atoms with Crippen LogP contribution in [-0.4, -0.2) is 30.2 Å². The fourth-order valence-electron chi connectivity index (χ4n) is 1.70. The van der Waals surface area contributed by atoms with Gasteiger partial charge in [0.2, 0.25) is 0 Å². The first kappa shape index (κ1) is 7.99. The van der Waals surface area contributed by atoms with Crippen LogP contribution in [0.25, 0.3) is 0 Å². The topological polar surface area (TPSA) is 3.24 Å². The Morgan fingerprint density at radius 3 is 2.70 bits per heavy atom. The van der Waals surface area contributed by atoms with Gasteiger partial charge in [-0.05, 0) is 33.2 Å². The van der Waals surface area contributed by atoms with Crippen LogP contribution in [-0.2, 0) is 0 Å². The summed E-state index contributed by atoms with van der Waals surface area (Å²) in [5.41, 5.74) is 0. The summed E-state index contributed by atoms with van der Waals surface area (Å²) in [5.74, 6) is 0. The van der Waals surface area contributed by atoms with E-state index in [9.17, 15) is 4.39 Å². The Balaban J connectivity index is 2.42. The maximum atomic E-state index is 12.3. The van der Waals surface area contributed by atoms with Gasteiger partial charge >= 0.3 is 0 Å². The van der Waals surface area contributed by atoms with Gasteiger partial charge in [0.25, 0.3) is 0 Å². The second-order valence-corrected chi connectivity index (χ2v) is 3.28. The van der Waals surface area contributed by atoms with Crippen LogP contribution >= 0.6 is 0 Å². The molecule has 1 rings (SSSR count). The van der Waals surface area contributed by atoms with E-state index in [4.69, 9.17) is 0 Å². The Morgan fingerprint density at radius 2 is 2.30 bits per heavy atom. The van der Waals surface area contributed by atoms with Gasteiger partial charge in [-0.15, -0.1) is 0 Å². The van der Waals surface area contributed by atoms with Crippen molar-refractivity contribution >= 4 is 0 Å². The Bertz CT molecular complexity index is 103. The third-order valence-electron chi connectivity index (χ3n) is 2.26. The minimum absolute atomic E-state index is 0.168. The van der Waals surface area contributed by atoms with Crippen molar-refractivity contribution in [3.63, 3.8) is 0 Å². The van der Waals surface area contributed by atoms with Crippen molar-refractivity contribution in [3.05, 3.63) is 0 Å². The van der Waals surface area contributed by atoms with Crippen LogP contribution in [0.2, 0.25) is 0 Å². The summed E-state index contributed by atoms with van der Waals surface area (Å²) in [6, 6.07) is 0.739. The van der Waals surface area contributed by atoms with Gasteiger partial charge in [-0.3, -0.25) is 4.90 Å². The molecule has 0 amide bonds. The molecule has 0 aliphatic carbocycles. The number of likely N-dealkylation sites (tertiary alicyclic amines) is 1. The predicted octanol–water partition coefficient (Wildman–Crippen LogP) is 1.83. The molecule has 1 aliphatic rings. The van der Waals surface area contributed by atoms with E-state index in [0.29, 0.717) is 6.04 Å². The lowest BCUT2D eigenvalue weighted by Crippen LogP contribution is -2.36. The monoisotopic (exact) mass is 145 g/mol. The minimum Gasteiger partial charge on any atom is -0.295 e. The van der Waals surface area contributed by atoms with E-state index in [1.807, 2.05) is 0 Å². The normalized spacial score (nSPS) is 28.2. The summed E-state index contributed by atoms with van der Waals surface area (Å²) in [6.45, 7) is 5.19. The second-order valence-electron chi connectivity index (χ2n) is 3.28. The van der Waals surface area contributed by atoms with Crippen molar-refractivity contribution in [2.45, 2.75) is 38.8 Å². The van der Waals surface area contributed by atoms with E-state index < -0.39 is 0 Å². The van der Waals surface area contributed by atoms with Crippen molar-refractivity contribution in [2.75, 3.05) is 13.2 Å². The molecule has 1 saturated heterocycles. The van der Waals surface area contributed by atoms with Crippen molar-refractivity contribution in [3.8, 4) is 0 Å². The smallest absolute Gasteiger partial charge is 0.105 e. The number of alkyl halides is 1. The summed E-state index contributed by atoms with van der Waals surface area (Å²) >= 11 is 0. The average molecular weight is 145 g/mol. The van der Waals surface area contributed by atoms with E-state index in [1.54, 1.807) is 0 Å². The highest BCUT2D eigenvalue weighted by atomic mass is 19.1. The summed E-state index contributed by atoms with van der Waals surface area (Å²) in [4.78, 5) is 2.25. The highest BCUT2D eigenvalue weighted by molar-refractivity contribution is 4.80. The molecule has 0 aromatic carbocycles. The molecule has 0 unspecified atom stereocenters. The van der Waals surface area contributed by atoms with Crippen molar-refractivity contribution < 1.29 is 4.39 Å². The molecule has 1 aliphatic heterocycles. The zero-order chi connectivity index (χ0) is 7.56. The van der Waals surface area contributed by atoms with Crippen LogP contribution in [0.3, 0.4) is 0 Å². The number of hydrogen-bond donors (Lipinski definition) is 0. The first-order valence-electron chi connectivity index (χ1n) is 4.07. The molecule has 2 heteroatoms. The molecule has 10 heavy (non-hydrogen) atoms. The standard InChI is InChI=1S/C8H16FN/c1-7(2)10-5-3-4-8(10)6-9/h7-8H,3-6H2,1-2H3/t8-/m0/s1. The van der Waals surface area contributed by atoms with Crippen LogP contribution in [0.5, 0.6) is 0 Å². The van der Waals surface area contributed by atoms with E-state index in [-0.39, 0.29) is 12.7 Å².